The Morgan fingerprint density at radius 3 is 2.54 bits per heavy atom. The average molecular weight is 369 g/mol. The maximum Gasteiger partial charge on any atom is 0.191 e. The monoisotopic (exact) mass is 369 g/mol. The molecule has 3 aromatic rings. The van der Waals surface area contributed by atoms with Gasteiger partial charge in [-0.3, -0.25) is 4.79 Å². The molecule has 134 valence electrons. The molecule has 0 saturated carbocycles. The van der Waals surface area contributed by atoms with E-state index in [1.165, 1.54) is 23.4 Å². The number of carbonyl (C=O) groups is 1. The largest absolute Gasteiger partial charge is 0.306 e. The van der Waals surface area contributed by atoms with E-state index >= 15 is 0 Å². The number of hydrogen-bond acceptors (Lipinski definition) is 4. The fourth-order valence-electron chi connectivity index (χ4n) is 2.70. The van der Waals surface area contributed by atoms with E-state index in [2.05, 4.69) is 22.3 Å². The van der Waals surface area contributed by atoms with Gasteiger partial charge in [0.1, 0.15) is 17.4 Å². The van der Waals surface area contributed by atoms with Crippen LogP contribution < -0.4 is 0 Å². The number of rotatable bonds is 8. The van der Waals surface area contributed by atoms with Crippen LogP contribution in [0.15, 0.2) is 59.8 Å². The standard InChI is InChI=1S/C20H20FN3OS/c1-2-24-19(12-15-8-4-3-5-9-15)22-23-20(24)26-14-17(25)13-16-10-6-7-11-18(16)21/h3-11H,2,12-14H2,1H3. The molecular formula is C20H20FN3OS. The van der Waals surface area contributed by atoms with Crippen molar-refractivity contribution in [3.8, 4) is 0 Å². The van der Waals surface area contributed by atoms with E-state index in [1.54, 1.807) is 18.2 Å². The highest BCUT2D eigenvalue weighted by Gasteiger charge is 2.14. The minimum atomic E-state index is -0.340. The zero-order valence-electron chi connectivity index (χ0n) is 14.6. The second-order valence-electron chi connectivity index (χ2n) is 5.90. The van der Waals surface area contributed by atoms with Gasteiger partial charge in [-0.15, -0.1) is 10.2 Å². The van der Waals surface area contributed by atoms with E-state index in [-0.39, 0.29) is 23.8 Å². The average Bonchev–Trinajstić information content (AvgIpc) is 3.04. The fourth-order valence-corrected chi connectivity index (χ4v) is 3.58. The van der Waals surface area contributed by atoms with Crippen molar-refractivity contribution in [1.82, 2.24) is 14.8 Å². The molecule has 2 aromatic carbocycles. The number of thioether (sulfide) groups is 1. The summed E-state index contributed by atoms with van der Waals surface area (Å²) in [6.07, 6.45) is 0.794. The predicted molar refractivity (Wildman–Crippen MR) is 101 cm³/mol. The van der Waals surface area contributed by atoms with Gasteiger partial charge in [0.2, 0.25) is 0 Å². The first-order valence-electron chi connectivity index (χ1n) is 8.51. The van der Waals surface area contributed by atoms with Crippen LogP contribution in [0, 0.1) is 5.82 Å². The number of Topliss-reactive ketones (excluding diaryl/α,β-unsaturated/α-hetero) is 1. The fraction of sp³-hybridized carbons (Fsp3) is 0.250. The van der Waals surface area contributed by atoms with Crippen LogP contribution in [0.3, 0.4) is 0 Å². The summed E-state index contributed by atoms with van der Waals surface area (Å²) in [6, 6.07) is 16.5. The highest BCUT2D eigenvalue weighted by atomic mass is 32.2. The maximum atomic E-state index is 13.7. The van der Waals surface area contributed by atoms with Crippen molar-refractivity contribution in [2.75, 3.05) is 5.75 Å². The SMILES string of the molecule is CCn1c(Cc2ccccc2)nnc1SCC(=O)Cc1ccccc1F. The molecule has 0 aliphatic rings. The molecule has 0 bridgehead atoms. The molecule has 0 spiro atoms. The van der Waals surface area contributed by atoms with Crippen molar-refractivity contribution < 1.29 is 9.18 Å². The molecule has 4 nitrogen and oxygen atoms in total. The summed E-state index contributed by atoms with van der Waals surface area (Å²) in [5, 5.41) is 9.23. The van der Waals surface area contributed by atoms with Gasteiger partial charge in [0.05, 0.1) is 5.75 Å². The molecule has 26 heavy (non-hydrogen) atoms. The summed E-state index contributed by atoms with van der Waals surface area (Å²) in [6.45, 7) is 2.77. The van der Waals surface area contributed by atoms with Crippen molar-refractivity contribution in [1.29, 1.82) is 0 Å². The number of halogens is 1. The minimum Gasteiger partial charge on any atom is -0.306 e. The molecule has 0 atom stereocenters. The molecule has 0 fully saturated rings. The Kier molecular flexibility index (Phi) is 6.17. The topological polar surface area (TPSA) is 47.8 Å². The molecule has 0 N–H and O–H groups in total. The van der Waals surface area contributed by atoms with Crippen molar-refractivity contribution in [3.63, 3.8) is 0 Å². The van der Waals surface area contributed by atoms with Crippen molar-refractivity contribution in [2.45, 2.75) is 31.5 Å². The zero-order chi connectivity index (χ0) is 18.4. The lowest BCUT2D eigenvalue weighted by Gasteiger charge is -2.07. The Hall–Kier alpha value is -2.47. The highest BCUT2D eigenvalue weighted by Crippen LogP contribution is 2.20. The van der Waals surface area contributed by atoms with Gasteiger partial charge < -0.3 is 4.57 Å². The molecule has 0 saturated heterocycles. The molecule has 1 aromatic heterocycles. The molecule has 3 rings (SSSR count). The Bertz CT molecular complexity index is 880. The van der Waals surface area contributed by atoms with Crippen LogP contribution >= 0.6 is 11.8 Å². The lowest BCUT2D eigenvalue weighted by molar-refractivity contribution is -0.116. The Labute approximate surface area is 156 Å². The molecule has 0 aliphatic heterocycles. The third-order valence-electron chi connectivity index (χ3n) is 4.02. The Morgan fingerprint density at radius 1 is 1.08 bits per heavy atom. The highest BCUT2D eigenvalue weighted by molar-refractivity contribution is 7.99. The van der Waals surface area contributed by atoms with Gasteiger partial charge in [-0.25, -0.2) is 4.39 Å². The van der Waals surface area contributed by atoms with Gasteiger partial charge in [-0.2, -0.15) is 0 Å². The van der Waals surface area contributed by atoms with Crippen LogP contribution in [-0.2, 0) is 24.2 Å². The Morgan fingerprint density at radius 2 is 1.81 bits per heavy atom. The van der Waals surface area contributed by atoms with Gasteiger partial charge in [-0.1, -0.05) is 60.3 Å². The van der Waals surface area contributed by atoms with Crippen LogP contribution in [0.25, 0.3) is 0 Å². The van der Waals surface area contributed by atoms with Gasteiger partial charge in [-0.05, 0) is 24.1 Å². The summed E-state index contributed by atoms with van der Waals surface area (Å²) in [4.78, 5) is 12.2. The van der Waals surface area contributed by atoms with Crippen LogP contribution in [0.1, 0.15) is 23.9 Å². The van der Waals surface area contributed by atoms with E-state index in [0.717, 1.165) is 17.5 Å². The van der Waals surface area contributed by atoms with E-state index in [1.807, 2.05) is 29.7 Å². The minimum absolute atomic E-state index is 0.0321. The second kappa shape index (κ2) is 8.76. The molecule has 0 radical (unpaired) electrons. The lowest BCUT2D eigenvalue weighted by atomic mass is 10.1. The predicted octanol–water partition coefficient (Wildman–Crippen LogP) is 3.93. The van der Waals surface area contributed by atoms with Crippen LogP contribution in [-0.4, -0.2) is 26.3 Å². The van der Waals surface area contributed by atoms with E-state index in [0.29, 0.717) is 12.0 Å². The summed E-state index contributed by atoms with van der Waals surface area (Å²) in [5.74, 6) is 0.753. The van der Waals surface area contributed by atoms with Crippen LogP contribution in [0.4, 0.5) is 4.39 Å². The smallest absolute Gasteiger partial charge is 0.191 e. The molecule has 6 heteroatoms. The number of nitrogens with zero attached hydrogens (tertiary/aromatic N) is 3. The molecule has 1 heterocycles. The lowest BCUT2D eigenvalue weighted by Crippen LogP contribution is -2.09. The van der Waals surface area contributed by atoms with E-state index < -0.39 is 0 Å². The first-order chi connectivity index (χ1) is 12.7. The first-order valence-corrected chi connectivity index (χ1v) is 9.50. The van der Waals surface area contributed by atoms with Crippen molar-refractivity contribution in [3.05, 3.63) is 77.4 Å². The van der Waals surface area contributed by atoms with Gasteiger partial charge in [0, 0.05) is 19.4 Å². The molecule has 0 unspecified atom stereocenters. The van der Waals surface area contributed by atoms with Crippen LogP contribution in [0.5, 0.6) is 0 Å². The number of aromatic nitrogens is 3. The summed E-state index contributed by atoms with van der Waals surface area (Å²) < 4.78 is 15.7. The second-order valence-corrected chi connectivity index (χ2v) is 6.84. The maximum absolute atomic E-state index is 13.7. The summed E-state index contributed by atoms with van der Waals surface area (Å²) >= 11 is 1.35. The third kappa shape index (κ3) is 4.58. The molecule has 0 amide bonds. The number of ketones is 1. The van der Waals surface area contributed by atoms with Gasteiger partial charge >= 0.3 is 0 Å². The third-order valence-corrected chi connectivity index (χ3v) is 5.05. The first kappa shape index (κ1) is 18.3. The normalized spacial score (nSPS) is 10.8. The molecule has 0 aliphatic carbocycles. The van der Waals surface area contributed by atoms with Gasteiger partial charge in [0.15, 0.2) is 5.16 Å². The number of hydrogen-bond donors (Lipinski definition) is 0. The summed E-state index contributed by atoms with van der Waals surface area (Å²) in [5.41, 5.74) is 1.60. The number of benzene rings is 2. The summed E-state index contributed by atoms with van der Waals surface area (Å²) in [7, 11) is 0. The van der Waals surface area contributed by atoms with Gasteiger partial charge in [0.25, 0.3) is 0 Å². The van der Waals surface area contributed by atoms with E-state index in [4.69, 9.17) is 0 Å². The van der Waals surface area contributed by atoms with Crippen molar-refractivity contribution in [2.24, 2.45) is 0 Å². The zero-order valence-corrected chi connectivity index (χ0v) is 15.4. The van der Waals surface area contributed by atoms with Crippen molar-refractivity contribution >= 4 is 17.5 Å². The molecular weight excluding hydrogens is 349 g/mol. The number of carbonyl (C=O) groups excluding carboxylic acids is 1. The quantitative estimate of drug-likeness (QED) is 0.565. The van der Waals surface area contributed by atoms with E-state index in [9.17, 15) is 9.18 Å². The Balaban J connectivity index is 1.63. The van der Waals surface area contributed by atoms with Crippen LogP contribution in [0.2, 0.25) is 0 Å².